The Morgan fingerprint density at radius 2 is 2.44 bits per heavy atom. The molecule has 88 valence electrons. The molecule has 1 aliphatic heterocycles. The maximum absolute atomic E-state index is 13.0. The Hall–Kier alpha value is -0.700. The molecule has 1 aromatic carbocycles. The van der Waals surface area contributed by atoms with Gasteiger partial charge < -0.3 is 9.84 Å². The minimum atomic E-state index is -0.546. The quantitative estimate of drug-likeness (QED) is 0.785. The van der Waals surface area contributed by atoms with E-state index in [2.05, 4.69) is 14.5 Å². The lowest BCUT2D eigenvalue weighted by Crippen LogP contribution is -2.39. The van der Waals surface area contributed by atoms with Crippen LogP contribution >= 0.6 is 9.39 Å². The SMILES string of the molecule is O[C@@H](CNP)[C@@H]1CCc2cc(F)ccc2O1. The van der Waals surface area contributed by atoms with Gasteiger partial charge in [-0.3, -0.25) is 5.09 Å². The molecule has 0 aromatic heterocycles. The Labute approximate surface area is 96.3 Å². The summed E-state index contributed by atoms with van der Waals surface area (Å²) in [5, 5.41) is 12.6. The molecule has 0 saturated heterocycles. The van der Waals surface area contributed by atoms with E-state index in [-0.39, 0.29) is 11.9 Å². The van der Waals surface area contributed by atoms with Crippen LogP contribution in [0, 0.1) is 5.82 Å². The molecule has 1 aliphatic rings. The van der Waals surface area contributed by atoms with Gasteiger partial charge in [0.2, 0.25) is 0 Å². The van der Waals surface area contributed by atoms with E-state index in [0.29, 0.717) is 18.7 Å². The van der Waals surface area contributed by atoms with E-state index in [1.807, 2.05) is 0 Å². The van der Waals surface area contributed by atoms with E-state index in [9.17, 15) is 9.50 Å². The predicted molar refractivity (Wildman–Crippen MR) is 62.9 cm³/mol. The molecule has 0 amide bonds. The highest BCUT2D eigenvalue weighted by atomic mass is 31.0. The standard InChI is InChI=1S/C11H15FNO2P/c12-8-2-4-10-7(5-8)1-3-11(15-10)9(14)6-13-16/h2,4-5,9,11,13-14H,1,3,6,16H2/t9-,11-/m0/s1. The van der Waals surface area contributed by atoms with Gasteiger partial charge in [0.15, 0.2) is 0 Å². The number of hydrogen-bond acceptors (Lipinski definition) is 3. The first-order valence-electron chi connectivity index (χ1n) is 5.27. The van der Waals surface area contributed by atoms with E-state index in [4.69, 9.17) is 4.74 Å². The second-order valence-electron chi connectivity index (χ2n) is 3.92. The average Bonchev–Trinajstić information content (AvgIpc) is 2.28. The first-order valence-corrected chi connectivity index (χ1v) is 5.85. The summed E-state index contributed by atoms with van der Waals surface area (Å²) in [6.45, 7) is 0.464. The number of aliphatic hydroxyl groups excluding tert-OH is 1. The van der Waals surface area contributed by atoms with Crippen LogP contribution in [0.2, 0.25) is 0 Å². The third-order valence-electron chi connectivity index (χ3n) is 2.76. The monoisotopic (exact) mass is 243 g/mol. The molecule has 2 N–H and O–H groups in total. The van der Waals surface area contributed by atoms with Crippen LogP contribution in [0.15, 0.2) is 18.2 Å². The van der Waals surface area contributed by atoms with Crippen LogP contribution in [-0.2, 0) is 6.42 Å². The minimum absolute atomic E-state index is 0.217. The summed E-state index contributed by atoms with van der Waals surface area (Å²) in [6, 6.07) is 4.49. The fourth-order valence-corrected chi connectivity index (χ4v) is 2.14. The van der Waals surface area contributed by atoms with E-state index in [0.717, 1.165) is 12.0 Å². The second kappa shape index (κ2) is 5.09. The Balaban J connectivity index is 2.09. The third kappa shape index (κ3) is 2.51. The maximum atomic E-state index is 13.0. The molecular formula is C11H15FNO2P. The zero-order valence-corrected chi connectivity index (χ0v) is 9.97. The van der Waals surface area contributed by atoms with Gasteiger partial charge in [-0.2, -0.15) is 0 Å². The molecule has 2 rings (SSSR count). The summed E-state index contributed by atoms with van der Waals surface area (Å²) in [6.07, 6.45) is 0.692. The molecule has 0 bridgehead atoms. The highest BCUT2D eigenvalue weighted by Gasteiger charge is 2.25. The van der Waals surface area contributed by atoms with Crippen LogP contribution in [0.25, 0.3) is 0 Å². The zero-order valence-electron chi connectivity index (χ0n) is 8.82. The Morgan fingerprint density at radius 3 is 3.19 bits per heavy atom. The highest BCUT2D eigenvalue weighted by molar-refractivity contribution is 7.13. The van der Waals surface area contributed by atoms with Crippen molar-refractivity contribution in [1.82, 2.24) is 5.09 Å². The van der Waals surface area contributed by atoms with Crippen molar-refractivity contribution in [3.63, 3.8) is 0 Å². The smallest absolute Gasteiger partial charge is 0.126 e. The molecule has 1 unspecified atom stereocenters. The first-order chi connectivity index (χ1) is 7.70. The van der Waals surface area contributed by atoms with Gasteiger partial charge in [-0.1, -0.05) is 9.39 Å². The van der Waals surface area contributed by atoms with E-state index in [1.165, 1.54) is 12.1 Å². The van der Waals surface area contributed by atoms with Crippen LogP contribution in [-0.4, -0.2) is 23.9 Å². The van der Waals surface area contributed by atoms with Crippen LogP contribution in [0.3, 0.4) is 0 Å². The average molecular weight is 243 g/mol. The lowest BCUT2D eigenvalue weighted by atomic mass is 9.99. The number of halogens is 1. The number of nitrogens with one attached hydrogen (secondary N) is 1. The molecule has 0 spiro atoms. The predicted octanol–water partition coefficient (Wildman–Crippen LogP) is 1.26. The van der Waals surface area contributed by atoms with Crippen molar-refractivity contribution < 1.29 is 14.2 Å². The van der Waals surface area contributed by atoms with Crippen molar-refractivity contribution in [2.45, 2.75) is 25.0 Å². The summed E-state index contributed by atoms with van der Waals surface area (Å²) in [5.74, 6) is 0.438. The normalized spacial score (nSPS) is 21.1. The van der Waals surface area contributed by atoms with Crippen molar-refractivity contribution in [2.24, 2.45) is 0 Å². The Morgan fingerprint density at radius 1 is 1.62 bits per heavy atom. The molecule has 0 saturated carbocycles. The number of ether oxygens (including phenoxy) is 1. The fraction of sp³-hybridized carbons (Fsp3) is 0.455. The molecule has 0 aliphatic carbocycles. The van der Waals surface area contributed by atoms with Crippen molar-refractivity contribution in [1.29, 1.82) is 0 Å². The summed E-state index contributed by atoms with van der Waals surface area (Å²) in [5.41, 5.74) is 0.877. The van der Waals surface area contributed by atoms with Crippen molar-refractivity contribution >= 4 is 9.39 Å². The fourth-order valence-electron chi connectivity index (χ4n) is 1.90. The first kappa shape index (κ1) is 11.8. The number of hydrogen-bond donors (Lipinski definition) is 2. The molecule has 16 heavy (non-hydrogen) atoms. The van der Waals surface area contributed by atoms with Crippen molar-refractivity contribution in [3.05, 3.63) is 29.6 Å². The van der Waals surface area contributed by atoms with E-state index < -0.39 is 6.10 Å². The van der Waals surface area contributed by atoms with Gasteiger partial charge in [0.1, 0.15) is 23.8 Å². The summed E-state index contributed by atoms with van der Waals surface area (Å²) >= 11 is 0. The number of benzene rings is 1. The molecule has 3 atom stereocenters. The van der Waals surface area contributed by atoms with Gasteiger partial charge >= 0.3 is 0 Å². The largest absolute Gasteiger partial charge is 0.487 e. The molecule has 1 aromatic rings. The zero-order chi connectivity index (χ0) is 11.5. The number of aryl methyl sites for hydroxylation is 1. The minimum Gasteiger partial charge on any atom is -0.487 e. The number of fused-ring (bicyclic) bond motifs is 1. The Kier molecular flexibility index (Phi) is 3.74. The van der Waals surface area contributed by atoms with Crippen LogP contribution in [0.1, 0.15) is 12.0 Å². The molecule has 3 nitrogen and oxygen atoms in total. The molecule has 0 radical (unpaired) electrons. The van der Waals surface area contributed by atoms with Crippen LogP contribution in [0.4, 0.5) is 4.39 Å². The molecule has 1 heterocycles. The van der Waals surface area contributed by atoms with Crippen molar-refractivity contribution in [2.75, 3.05) is 6.54 Å². The maximum Gasteiger partial charge on any atom is 0.126 e. The van der Waals surface area contributed by atoms with Gasteiger partial charge in [0, 0.05) is 6.54 Å². The third-order valence-corrected chi connectivity index (χ3v) is 2.99. The lowest BCUT2D eigenvalue weighted by Gasteiger charge is -2.29. The highest BCUT2D eigenvalue weighted by Crippen LogP contribution is 2.29. The second-order valence-corrected chi connectivity index (χ2v) is 4.33. The Bertz CT molecular complexity index is 375. The van der Waals surface area contributed by atoms with Crippen LogP contribution < -0.4 is 9.82 Å². The van der Waals surface area contributed by atoms with Gasteiger partial charge in [-0.25, -0.2) is 4.39 Å². The van der Waals surface area contributed by atoms with Gasteiger partial charge in [-0.15, -0.1) is 0 Å². The molecule has 5 heteroatoms. The van der Waals surface area contributed by atoms with E-state index in [1.54, 1.807) is 6.07 Å². The number of rotatable bonds is 3. The van der Waals surface area contributed by atoms with E-state index >= 15 is 0 Å². The summed E-state index contributed by atoms with van der Waals surface area (Å²) in [7, 11) is 2.35. The summed E-state index contributed by atoms with van der Waals surface area (Å²) < 4.78 is 18.6. The molecular weight excluding hydrogens is 228 g/mol. The van der Waals surface area contributed by atoms with Gasteiger partial charge in [-0.05, 0) is 36.6 Å². The molecule has 0 fully saturated rings. The number of aliphatic hydroxyl groups is 1. The topological polar surface area (TPSA) is 41.5 Å². The van der Waals surface area contributed by atoms with Crippen molar-refractivity contribution in [3.8, 4) is 5.75 Å². The van der Waals surface area contributed by atoms with Crippen LogP contribution in [0.5, 0.6) is 5.75 Å². The summed E-state index contributed by atoms with van der Waals surface area (Å²) in [4.78, 5) is 0. The van der Waals surface area contributed by atoms with Gasteiger partial charge in [0.25, 0.3) is 0 Å². The van der Waals surface area contributed by atoms with Gasteiger partial charge in [0.05, 0.1) is 0 Å². The lowest BCUT2D eigenvalue weighted by molar-refractivity contribution is 0.0278.